The van der Waals surface area contributed by atoms with E-state index in [0.717, 1.165) is 45.3 Å². The van der Waals surface area contributed by atoms with Gasteiger partial charge >= 0.3 is 0 Å². The highest BCUT2D eigenvalue weighted by Crippen LogP contribution is 2.31. The van der Waals surface area contributed by atoms with E-state index in [4.69, 9.17) is 9.47 Å². The Balaban J connectivity index is 0.00000364. The lowest BCUT2D eigenvalue weighted by Crippen LogP contribution is -3.00. The van der Waals surface area contributed by atoms with Gasteiger partial charge in [0.25, 0.3) is 0 Å². The molecule has 0 heterocycles. The number of carbonyl (C=O) groups excluding carboxylic acids is 1. The first-order valence-corrected chi connectivity index (χ1v) is 9.13. The highest BCUT2D eigenvalue weighted by atomic mass is 127. The zero-order valence-corrected chi connectivity index (χ0v) is 19.1. The van der Waals surface area contributed by atoms with E-state index < -0.39 is 0 Å². The van der Waals surface area contributed by atoms with Crippen LogP contribution in [0.15, 0.2) is 30.3 Å². The summed E-state index contributed by atoms with van der Waals surface area (Å²) in [5, 5.41) is 5.20. The summed E-state index contributed by atoms with van der Waals surface area (Å²) in [6, 6.07) is 10.2. The number of hydrogen-bond donors (Lipinski definition) is 1. The van der Waals surface area contributed by atoms with E-state index in [1.807, 2.05) is 25.1 Å². The fourth-order valence-corrected chi connectivity index (χ4v) is 2.74. The van der Waals surface area contributed by atoms with Crippen LogP contribution >= 0.6 is 0 Å². The summed E-state index contributed by atoms with van der Waals surface area (Å²) in [6.07, 6.45) is 1.21. The fraction of sp³-hybridized carbons (Fsp3) is 0.476. The lowest BCUT2D eigenvalue weighted by Gasteiger charge is -2.24. The Morgan fingerprint density at radius 3 is 2.56 bits per heavy atom. The number of methoxy groups -OCH3 is 1. The minimum absolute atomic E-state index is 0. The van der Waals surface area contributed by atoms with E-state index in [0.29, 0.717) is 19.6 Å². The van der Waals surface area contributed by atoms with Gasteiger partial charge in [0.2, 0.25) is 5.91 Å². The molecule has 0 aliphatic rings. The van der Waals surface area contributed by atoms with Gasteiger partial charge in [-0.3, -0.25) is 4.79 Å². The van der Waals surface area contributed by atoms with E-state index in [2.05, 4.69) is 38.6 Å². The largest absolute Gasteiger partial charge is 1.00 e. The van der Waals surface area contributed by atoms with Crippen molar-refractivity contribution in [1.82, 2.24) is 5.32 Å². The maximum atomic E-state index is 11.6. The number of benzene rings is 2. The van der Waals surface area contributed by atoms with Gasteiger partial charge in [-0.25, -0.2) is 0 Å². The van der Waals surface area contributed by atoms with Crippen LogP contribution in [0.3, 0.4) is 0 Å². The van der Waals surface area contributed by atoms with E-state index in [1.165, 1.54) is 0 Å². The third-order valence-electron chi connectivity index (χ3n) is 4.34. The molecule has 1 N–H and O–H groups in total. The maximum Gasteiger partial charge on any atom is 0.219 e. The molecule has 0 atom stereocenters. The molecular weight excluding hydrogens is 457 g/mol. The molecule has 0 fully saturated rings. The number of ether oxygens (including phenoxy) is 2. The second kappa shape index (κ2) is 10.7. The van der Waals surface area contributed by atoms with Gasteiger partial charge in [-0.15, -0.1) is 0 Å². The second-order valence-corrected chi connectivity index (χ2v) is 7.45. The lowest BCUT2D eigenvalue weighted by atomic mass is 10.0. The van der Waals surface area contributed by atoms with Crippen molar-refractivity contribution < 1.29 is 42.7 Å². The van der Waals surface area contributed by atoms with Gasteiger partial charge in [-0.1, -0.05) is 19.1 Å². The number of nitrogens with zero attached hydrogens (tertiary/aromatic N) is 1. The van der Waals surface area contributed by atoms with E-state index in [9.17, 15) is 4.79 Å². The molecule has 5 nitrogen and oxygen atoms in total. The first kappa shape index (κ1) is 23.5. The van der Waals surface area contributed by atoms with Crippen LogP contribution in [0.25, 0.3) is 10.8 Å². The summed E-state index contributed by atoms with van der Waals surface area (Å²) in [5.74, 6) is 1.76. The minimum atomic E-state index is 0. The standard InChI is InChI=1S/C21H30N2O3.HI/c1-6-21(24)22-12-11-18-19-15-17(25-5)9-7-16(19)8-10-20(18)26-14-13-23(2,3)4;/h7-10,15H,6,11-14H2,1-5H3;1H/i2+2;. The van der Waals surface area contributed by atoms with E-state index in [-0.39, 0.29) is 29.9 Å². The van der Waals surface area contributed by atoms with Crippen LogP contribution < -0.4 is 38.8 Å². The summed E-state index contributed by atoms with van der Waals surface area (Å²) < 4.78 is 12.4. The Bertz CT molecular complexity index is 757. The van der Waals surface area contributed by atoms with Gasteiger partial charge in [-0.05, 0) is 35.4 Å². The van der Waals surface area contributed by atoms with Gasteiger partial charge in [0.15, 0.2) is 0 Å². The second-order valence-electron chi connectivity index (χ2n) is 7.45. The quantitative estimate of drug-likeness (QED) is 0.400. The summed E-state index contributed by atoms with van der Waals surface area (Å²) in [5.41, 5.74) is 1.11. The number of halogens is 1. The van der Waals surface area contributed by atoms with Gasteiger partial charge in [0, 0.05) is 18.5 Å². The number of quaternary nitrogens is 1. The number of rotatable bonds is 9. The van der Waals surface area contributed by atoms with Gasteiger partial charge < -0.3 is 43.3 Å². The molecule has 0 aromatic heterocycles. The van der Waals surface area contributed by atoms with Crippen LogP contribution in [0, 0.1) is 0 Å². The van der Waals surface area contributed by atoms with Crippen LogP contribution in [-0.4, -0.2) is 58.3 Å². The fourth-order valence-electron chi connectivity index (χ4n) is 2.74. The SMILES string of the molecule is CCC(=O)NCCc1c(OCC[N+](C)(C)[14CH3])ccc2ccc(OC)cc12.[I-]. The van der Waals surface area contributed by atoms with Crippen molar-refractivity contribution in [1.29, 1.82) is 0 Å². The summed E-state index contributed by atoms with van der Waals surface area (Å²) >= 11 is 0. The average molecular weight is 488 g/mol. The molecule has 0 radical (unpaired) electrons. The van der Waals surface area contributed by atoms with Crippen molar-refractivity contribution >= 4 is 16.7 Å². The molecule has 2 rings (SSSR count). The monoisotopic (exact) mass is 488 g/mol. The number of nitrogens with one attached hydrogen (secondary N) is 1. The van der Waals surface area contributed by atoms with Crippen LogP contribution in [0.4, 0.5) is 0 Å². The molecule has 0 bridgehead atoms. The normalized spacial score (nSPS) is 11.0. The average Bonchev–Trinajstić information content (AvgIpc) is 2.61. The van der Waals surface area contributed by atoms with Crippen molar-refractivity contribution in [3.63, 3.8) is 0 Å². The molecule has 0 aliphatic carbocycles. The molecule has 0 unspecified atom stereocenters. The first-order chi connectivity index (χ1) is 12.3. The molecule has 6 heteroatoms. The number of hydrogen-bond acceptors (Lipinski definition) is 3. The minimum Gasteiger partial charge on any atom is -1.00 e. The molecule has 2 aromatic carbocycles. The number of likely N-dealkylation sites (N-methyl/N-ethyl adjacent to an activating group) is 1. The Labute approximate surface area is 179 Å². The predicted octanol–water partition coefficient (Wildman–Crippen LogP) is 0.00610. The molecular formula is C21H31IN2O3. The zero-order valence-electron chi connectivity index (χ0n) is 17.0. The molecule has 0 aliphatic heterocycles. The van der Waals surface area contributed by atoms with Crippen molar-refractivity contribution in [3.05, 3.63) is 35.9 Å². The van der Waals surface area contributed by atoms with Crippen LogP contribution in [0.2, 0.25) is 0 Å². The first-order valence-electron chi connectivity index (χ1n) is 9.13. The molecule has 27 heavy (non-hydrogen) atoms. The Hall–Kier alpha value is -1.54. The highest BCUT2D eigenvalue weighted by Gasteiger charge is 2.13. The maximum absolute atomic E-state index is 11.6. The molecule has 2 aromatic rings. The number of fused-ring (bicyclic) bond motifs is 1. The molecule has 0 saturated heterocycles. The third kappa shape index (κ3) is 7.18. The van der Waals surface area contributed by atoms with Gasteiger partial charge in [-0.2, -0.15) is 0 Å². The smallest absolute Gasteiger partial charge is 0.219 e. The van der Waals surface area contributed by atoms with Crippen LogP contribution in [-0.2, 0) is 11.2 Å². The van der Waals surface area contributed by atoms with Gasteiger partial charge in [0.05, 0.1) is 28.3 Å². The van der Waals surface area contributed by atoms with Crippen molar-refractivity contribution in [2.75, 3.05) is 47.9 Å². The van der Waals surface area contributed by atoms with E-state index >= 15 is 0 Å². The molecule has 0 spiro atoms. The molecule has 150 valence electrons. The zero-order chi connectivity index (χ0) is 19.2. The molecule has 1 amide bonds. The van der Waals surface area contributed by atoms with Crippen molar-refractivity contribution in [2.45, 2.75) is 19.8 Å². The van der Waals surface area contributed by atoms with Gasteiger partial charge in [0.1, 0.15) is 24.7 Å². The van der Waals surface area contributed by atoms with Crippen molar-refractivity contribution in [3.8, 4) is 11.5 Å². The van der Waals surface area contributed by atoms with Crippen molar-refractivity contribution in [2.24, 2.45) is 0 Å². The topological polar surface area (TPSA) is 47.6 Å². The summed E-state index contributed by atoms with van der Waals surface area (Å²) in [7, 11) is 8.12. The number of carbonyl (C=O) groups is 1. The Morgan fingerprint density at radius 2 is 1.93 bits per heavy atom. The summed E-state index contributed by atoms with van der Waals surface area (Å²) in [4.78, 5) is 11.6. The lowest BCUT2D eigenvalue weighted by molar-refractivity contribution is -0.870. The Kier molecular flexibility index (Phi) is 9.32. The Morgan fingerprint density at radius 1 is 1.22 bits per heavy atom. The molecule has 0 saturated carbocycles. The van der Waals surface area contributed by atoms with Crippen LogP contribution in [0.1, 0.15) is 18.9 Å². The predicted molar refractivity (Wildman–Crippen MR) is 106 cm³/mol. The number of amides is 1. The third-order valence-corrected chi connectivity index (χ3v) is 4.34. The van der Waals surface area contributed by atoms with Crippen LogP contribution in [0.5, 0.6) is 11.5 Å². The van der Waals surface area contributed by atoms with E-state index in [1.54, 1.807) is 7.11 Å². The summed E-state index contributed by atoms with van der Waals surface area (Å²) in [6.45, 7) is 4.02. The highest BCUT2D eigenvalue weighted by molar-refractivity contribution is 5.89.